The van der Waals surface area contributed by atoms with Crippen LogP contribution in [-0.2, 0) is 4.79 Å². The highest BCUT2D eigenvalue weighted by Gasteiger charge is 2.13. The molecule has 0 fully saturated rings. The summed E-state index contributed by atoms with van der Waals surface area (Å²) < 4.78 is 4.82. The molecule has 0 saturated carbocycles. The van der Waals surface area contributed by atoms with Gasteiger partial charge in [-0.25, -0.2) is 4.79 Å². The first-order valence-electron chi connectivity index (χ1n) is 4.16. The van der Waals surface area contributed by atoms with Gasteiger partial charge in [0.2, 0.25) is 0 Å². The SMILES string of the molecule is C=C(C)C(=O)Oc1c(O)cccc1C#N. The molecule has 0 atom stereocenters. The third-order valence-corrected chi connectivity index (χ3v) is 1.66. The molecule has 0 aliphatic heterocycles. The van der Waals surface area contributed by atoms with Crippen LogP contribution in [0.2, 0.25) is 0 Å². The average molecular weight is 203 g/mol. The number of esters is 1. The largest absolute Gasteiger partial charge is 0.504 e. The van der Waals surface area contributed by atoms with E-state index in [4.69, 9.17) is 10.00 Å². The Morgan fingerprint density at radius 2 is 2.27 bits per heavy atom. The summed E-state index contributed by atoms with van der Waals surface area (Å²) in [5, 5.41) is 18.1. The van der Waals surface area contributed by atoms with Crippen LogP contribution in [0, 0.1) is 11.3 Å². The molecule has 0 radical (unpaired) electrons. The monoisotopic (exact) mass is 203 g/mol. The summed E-state index contributed by atoms with van der Waals surface area (Å²) in [7, 11) is 0. The summed E-state index contributed by atoms with van der Waals surface area (Å²) in [5.41, 5.74) is 0.298. The lowest BCUT2D eigenvalue weighted by Gasteiger charge is -2.06. The Kier molecular flexibility index (Phi) is 3.09. The van der Waals surface area contributed by atoms with E-state index in [1.54, 1.807) is 0 Å². The van der Waals surface area contributed by atoms with Gasteiger partial charge in [0, 0.05) is 5.57 Å². The van der Waals surface area contributed by atoms with Crippen molar-refractivity contribution >= 4 is 5.97 Å². The van der Waals surface area contributed by atoms with Crippen molar-refractivity contribution in [3.8, 4) is 17.6 Å². The smallest absolute Gasteiger partial charge is 0.338 e. The Bertz CT molecular complexity index is 457. The van der Waals surface area contributed by atoms with Crippen molar-refractivity contribution in [3.05, 3.63) is 35.9 Å². The number of rotatable bonds is 2. The van der Waals surface area contributed by atoms with E-state index >= 15 is 0 Å². The van der Waals surface area contributed by atoms with Crippen LogP contribution in [-0.4, -0.2) is 11.1 Å². The number of para-hydroxylation sites is 1. The number of aromatic hydroxyl groups is 1. The highest BCUT2D eigenvalue weighted by Crippen LogP contribution is 2.29. The van der Waals surface area contributed by atoms with Gasteiger partial charge in [0.15, 0.2) is 11.5 Å². The fourth-order valence-electron chi connectivity index (χ4n) is 0.900. The average Bonchev–Trinajstić information content (AvgIpc) is 2.20. The first-order chi connectivity index (χ1) is 7.06. The Hall–Kier alpha value is -2.28. The summed E-state index contributed by atoms with van der Waals surface area (Å²) in [6.07, 6.45) is 0. The van der Waals surface area contributed by atoms with Gasteiger partial charge in [-0.3, -0.25) is 0 Å². The highest BCUT2D eigenvalue weighted by molar-refractivity contribution is 5.89. The zero-order valence-corrected chi connectivity index (χ0v) is 8.15. The number of phenolic OH excluding ortho intramolecular Hbond substituents is 1. The molecule has 0 amide bonds. The van der Waals surface area contributed by atoms with Gasteiger partial charge in [-0.2, -0.15) is 5.26 Å². The molecule has 4 nitrogen and oxygen atoms in total. The van der Waals surface area contributed by atoms with Gasteiger partial charge in [-0.15, -0.1) is 0 Å². The summed E-state index contributed by atoms with van der Waals surface area (Å²) in [6, 6.07) is 6.09. The van der Waals surface area contributed by atoms with Gasteiger partial charge in [0.05, 0.1) is 5.56 Å². The van der Waals surface area contributed by atoms with Crippen molar-refractivity contribution in [2.45, 2.75) is 6.92 Å². The van der Waals surface area contributed by atoms with Crippen LogP contribution in [0.5, 0.6) is 11.5 Å². The number of benzene rings is 1. The number of hydrogen-bond donors (Lipinski definition) is 1. The lowest BCUT2D eigenvalue weighted by atomic mass is 10.2. The first-order valence-corrected chi connectivity index (χ1v) is 4.16. The molecule has 0 aliphatic carbocycles. The molecule has 0 unspecified atom stereocenters. The minimum atomic E-state index is -0.673. The molecule has 1 aromatic carbocycles. The van der Waals surface area contributed by atoms with Gasteiger partial charge in [0.1, 0.15) is 6.07 Å². The number of carbonyl (C=O) groups is 1. The lowest BCUT2D eigenvalue weighted by molar-refractivity contribution is -0.130. The number of carbonyl (C=O) groups excluding carboxylic acids is 1. The summed E-state index contributed by atoms with van der Waals surface area (Å²) in [4.78, 5) is 11.2. The highest BCUT2D eigenvalue weighted by atomic mass is 16.5. The van der Waals surface area contributed by atoms with Crippen molar-refractivity contribution in [1.29, 1.82) is 5.26 Å². The van der Waals surface area contributed by atoms with Gasteiger partial charge < -0.3 is 9.84 Å². The third-order valence-electron chi connectivity index (χ3n) is 1.66. The number of nitrogens with zero attached hydrogens (tertiary/aromatic N) is 1. The summed E-state index contributed by atoms with van der Waals surface area (Å²) in [5.74, 6) is -1.05. The fourth-order valence-corrected chi connectivity index (χ4v) is 0.900. The van der Waals surface area contributed by atoms with Gasteiger partial charge >= 0.3 is 5.97 Å². The van der Waals surface area contributed by atoms with Crippen molar-refractivity contribution in [1.82, 2.24) is 0 Å². The maximum atomic E-state index is 11.2. The second kappa shape index (κ2) is 4.29. The standard InChI is InChI=1S/C11H9NO3/c1-7(2)11(14)15-10-8(6-12)4-3-5-9(10)13/h3-5,13H,1H2,2H3. The minimum Gasteiger partial charge on any atom is -0.504 e. The maximum absolute atomic E-state index is 11.2. The normalized spacial score (nSPS) is 9.07. The molecule has 4 heteroatoms. The molecule has 0 spiro atoms. The van der Waals surface area contributed by atoms with Crippen molar-refractivity contribution < 1.29 is 14.6 Å². The molecule has 1 aromatic rings. The van der Waals surface area contributed by atoms with Crippen LogP contribution in [0.4, 0.5) is 0 Å². The van der Waals surface area contributed by atoms with E-state index in [1.165, 1.54) is 25.1 Å². The molecular formula is C11H9NO3. The van der Waals surface area contributed by atoms with E-state index in [-0.39, 0.29) is 22.6 Å². The van der Waals surface area contributed by atoms with Gasteiger partial charge in [-0.1, -0.05) is 12.6 Å². The van der Waals surface area contributed by atoms with Crippen LogP contribution < -0.4 is 4.74 Å². The minimum absolute atomic E-state index is 0.101. The van der Waals surface area contributed by atoms with Crippen molar-refractivity contribution in [3.63, 3.8) is 0 Å². The molecular weight excluding hydrogens is 194 g/mol. The predicted molar refractivity (Wildman–Crippen MR) is 53.3 cm³/mol. The Morgan fingerprint density at radius 1 is 1.60 bits per heavy atom. The number of nitriles is 1. The Morgan fingerprint density at radius 3 is 2.80 bits per heavy atom. The van der Waals surface area contributed by atoms with E-state index in [0.29, 0.717) is 0 Å². The van der Waals surface area contributed by atoms with Crippen molar-refractivity contribution in [2.75, 3.05) is 0 Å². The molecule has 15 heavy (non-hydrogen) atoms. The molecule has 0 bridgehead atoms. The topological polar surface area (TPSA) is 70.3 Å². The number of hydrogen-bond acceptors (Lipinski definition) is 4. The molecule has 1 N–H and O–H groups in total. The van der Waals surface area contributed by atoms with Gasteiger partial charge in [-0.05, 0) is 19.1 Å². The molecule has 0 saturated heterocycles. The van der Waals surface area contributed by atoms with Crippen LogP contribution >= 0.6 is 0 Å². The van der Waals surface area contributed by atoms with Gasteiger partial charge in [0.25, 0.3) is 0 Å². The Labute approximate surface area is 87.0 Å². The van der Waals surface area contributed by atoms with Crippen LogP contribution in [0.15, 0.2) is 30.4 Å². The first kappa shape index (κ1) is 10.8. The summed E-state index contributed by atoms with van der Waals surface area (Å²) in [6.45, 7) is 4.88. The van der Waals surface area contributed by atoms with Crippen LogP contribution in [0.1, 0.15) is 12.5 Å². The van der Waals surface area contributed by atoms with E-state index in [2.05, 4.69) is 6.58 Å². The zero-order chi connectivity index (χ0) is 11.4. The quantitative estimate of drug-likeness (QED) is 0.451. The molecule has 0 aromatic heterocycles. The van der Waals surface area contributed by atoms with E-state index < -0.39 is 5.97 Å². The number of ether oxygens (including phenoxy) is 1. The maximum Gasteiger partial charge on any atom is 0.338 e. The van der Waals surface area contributed by atoms with E-state index in [1.807, 2.05) is 6.07 Å². The van der Waals surface area contributed by atoms with Crippen LogP contribution in [0.3, 0.4) is 0 Å². The van der Waals surface area contributed by atoms with E-state index in [9.17, 15) is 9.90 Å². The third kappa shape index (κ3) is 2.35. The summed E-state index contributed by atoms with van der Waals surface area (Å²) >= 11 is 0. The number of phenols is 1. The Balaban J connectivity index is 3.09. The molecule has 76 valence electrons. The molecule has 1 rings (SSSR count). The van der Waals surface area contributed by atoms with E-state index in [0.717, 1.165) is 0 Å². The lowest BCUT2D eigenvalue weighted by Crippen LogP contribution is -2.09. The molecule has 0 aliphatic rings. The zero-order valence-electron chi connectivity index (χ0n) is 8.15. The fraction of sp³-hybridized carbons (Fsp3) is 0.0909. The second-order valence-electron chi connectivity index (χ2n) is 2.94. The molecule has 0 heterocycles. The van der Waals surface area contributed by atoms with Crippen LogP contribution in [0.25, 0.3) is 0 Å². The predicted octanol–water partition coefficient (Wildman–Crippen LogP) is 1.75. The van der Waals surface area contributed by atoms with Crippen molar-refractivity contribution in [2.24, 2.45) is 0 Å². The second-order valence-corrected chi connectivity index (χ2v) is 2.94.